The fourth-order valence-electron chi connectivity index (χ4n) is 3.24. The van der Waals surface area contributed by atoms with Gasteiger partial charge in [-0.15, -0.1) is 10.2 Å². The van der Waals surface area contributed by atoms with Gasteiger partial charge in [-0.2, -0.15) is 13.2 Å². The predicted molar refractivity (Wildman–Crippen MR) is 88.5 cm³/mol. The van der Waals surface area contributed by atoms with E-state index in [0.29, 0.717) is 24.9 Å². The molecule has 9 heteroatoms. The number of hydrogen-bond acceptors (Lipinski definition) is 5. The van der Waals surface area contributed by atoms with Gasteiger partial charge < -0.3 is 15.0 Å². The largest absolute Gasteiger partial charge is 0.444 e. The number of carbonyl (C=O) groups excluding carboxylic acids is 1. The number of aromatic nitrogens is 2. The molecule has 26 heavy (non-hydrogen) atoms. The molecule has 1 saturated carbocycles. The molecule has 0 bridgehead atoms. The molecule has 0 unspecified atom stereocenters. The van der Waals surface area contributed by atoms with Crippen molar-refractivity contribution in [1.29, 1.82) is 0 Å². The lowest BCUT2D eigenvalue weighted by Crippen LogP contribution is -2.49. The van der Waals surface area contributed by atoms with E-state index in [0.717, 1.165) is 18.9 Å². The molecule has 1 amide bonds. The van der Waals surface area contributed by atoms with Gasteiger partial charge in [0.05, 0.1) is 6.04 Å². The number of piperidine rings is 1. The third-order valence-electron chi connectivity index (χ3n) is 4.62. The maximum absolute atomic E-state index is 12.5. The van der Waals surface area contributed by atoms with Crippen LogP contribution >= 0.6 is 0 Å². The lowest BCUT2D eigenvalue weighted by molar-refractivity contribution is -0.141. The topological polar surface area (TPSA) is 67.3 Å². The van der Waals surface area contributed by atoms with Gasteiger partial charge in [0.1, 0.15) is 11.4 Å². The summed E-state index contributed by atoms with van der Waals surface area (Å²) in [5.41, 5.74) is -1.61. The van der Waals surface area contributed by atoms with E-state index in [1.54, 1.807) is 4.90 Å². The molecule has 2 aliphatic rings. The van der Waals surface area contributed by atoms with E-state index in [1.165, 1.54) is 6.07 Å². The second kappa shape index (κ2) is 6.59. The molecule has 1 aliphatic carbocycles. The Morgan fingerprint density at radius 1 is 1.23 bits per heavy atom. The summed E-state index contributed by atoms with van der Waals surface area (Å²) >= 11 is 0. The molecular formula is C17H23F3N4O2. The zero-order chi connectivity index (χ0) is 19.1. The number of ether oxygens (including phenoxy) is 1. The van der Waals surface area contributed by atoms with E-state index >= 15 is 0 Å². The minimum Gasteiger partial charge on any atom is -0.444 e. The first-order valence-corrected chi connectivity index (χ1v) is 8.67. The van der Waals surface area contributed by atoms with Gasteiger partial charge in [-0.25, -0.2) is 4.79 Å². The minimum atomic E-state index is -4.51. The first kappa shape index (κ1) is 18.7. The quantitative estimate of drug-likeness (QED) is 0.879. The number of likely N-dealkylation sites (tertiary alicyclic amines) is 1. The minimum absolute atomic E-state index is 0.0855. The highest BCUT2D eigenvalue weighted by molar-refractivity contribution is 5.69. The number of nitrogens with one attached hydrogen (secondary N) is 1. The highest BCUT2D eigenvalue weighted by Crippen LogP contribution is 2.47. The van der Waals surface area contributed by atoms with E-state index in [9.17, 15) is 18.0 Å². The van der Waals surface area contributed by atoms with Crippen LogP contribution in [0.5, 0.6) is 0 Å². The number of fused-ring (bicyclic) bond motifs is 1. The number of carbonyl (C=O) groups is 1. The number of nitrogens with zero attached hydrogens (tertiary/aromatic N) is 3. The Morgan fingerprint density at radius 2 is 1.96 bits per heavy atom. The molecule has 3 rings (SSSR count). The van der Waals surface area contributed by atoms with Gasteiger partial charge in [0.15, 0.2) is 5.69 Å². The number of anilines is 1. The predicted octanol–water partition coefficient (Wildman–Crippen LogP) is 3.55. The molecule has 1 saturated heterocycles. The maximum atomic E-state index is 12.5. The fourth-order valence-corrected chi connectivity index (χ4v) is 3.24. The lowest BCUT2D eigenvalue weighted by atomic mass is 10.0. The van der Waals surface area contributed by atoms with Crippen LogP contribution in [0, 0.1) is 11.8 Å². The number of rotatable bonds is 3. The highest BCUT2D eigenvalue weighted by atomic mass is 19.4. The molecular weight excluding hydrogens is 349 g/mol. The van der Waals surface area contributed by atoms with Crippen molar-refractivity contribution in [1.82, 2.24) is 15.1 Å². The molecule has 0 spiro atoms. The van der Waals surface area contributed by atoms with Crippen molar-refractivity contribution >= 4 is 11.9 Å². The van der Waals surface area contributed by atoms with Gasteiger partial charge >= 0.3 is 12.3 Å². The standard InChI is InChI=1S/C17H23F3N4O2/c1-16(2,3)26-15(25)24-9-11-6-10(11)7-12(24)8-21-14-5-4-13(22-23-14)17(18,19)20/h4-5,10-12H,6-9H2,1-3H3,(H,21,23)/t10-,11+,12+/m1/s1. The molecule has 1 aromatic heterocycles. The Balaban J connectivity index is 1.62. The lowest BCUT2D eigenvalue weighted by Gasteiger charge is -2.36. The zero-order valence-electron chi connectivity index (χ0n) is 15.0. The smallest absolute Gasteiger partial charge is 0.435 e. The van der Waals surface area contributed by atoms with Crippen molar-refractivity contribution < 1.29 is 22.7 Å². The van der Waals surface area contributed by atoms with Crippen LogP contribution in [0.25, 0.3) is 0 Å². The average Bonchev–Trinajstić information content (AvgIpc) is 3.28. The van der Waals surface area contributed by atoms with Crippen LogP contribution in [-0.4, -0.2) is 45.9 Å². The van der Waals surface area contributed by atoms with Crippen LogP contribution in [-0.2, 0) is 10.9 Å². The van der Waals surface area contributed by atoms with Gasteiger partial charge in [-0.1, -0.05) is 0 Å². The monoisotopic (exact) mass is 372 g/mol. The Labute approximate surface area is 150 Å². The van der Waals surface area contributed by atoms with Crippen LogP contribution in [0.15, 0.2) is 12.1 Å². The van der Waals surface area contributed by atoms with Gasteiger partial charge in [0.25, 0.3) is 0 Å². The van der Waals surface area contributed by atoms with Crippen LogP contribution in [0.3, 0.4) is 0 Å². The molecule has 2 heterocycles. The van der Waals surface area contributed by atoms with E-state index in [4.69, 9.17) is 4.74 Å². The molecule has 0 aromatic carbocycles. The van der Waals surface area contributed by atoms with Crippen molar-refractivity contribution in [2.24, 2.45) is 11.8 Å². The summed E-state index contributed by atoms with van der Waals surface area (Å²) in [6.45, 7) is 6.51. The summed E-state index contributed by atoms with van der Waals surface area (Å²) in [5, 5.41) is 9.76. The summed E-state index contributed by atoms with van der Waals surface area (Å²) in [6.07, 6.45) is -2.90. The molecule has 0 radical (unpaired) electrons. The highest BCUT2D eigenvalue weighted by Gasteiger charge is 2.47. The second-order valence-electron chi connectivity index (χ2n) is 7.96. The summed E-state index contributed by atoms with van der Waals surface area (Å²) in [4.78, 5) is 14.2. The molecule has 3 atom stereocenters. The summed E-state index contributed by atoms with van der Waals surface area (Å²) < 4.78 is 43.1. The number of halogens is 3. The normalized spacial score (nSPS) is 25.5. The fraction of sp³-hybridized carbons (Fsp3) is 0.706. The van der Waals surface area contributed by atoms with Crippen LogP contribution < -0.4 is 5.32 Å². The maximum Gasteiger partial charge on any atom is 0.435 e. The zero-order valence-corrected chi connectivity index (χ0v) is 15.0. The van der Waals surface area contributed by atoms with Gasteiger partial charge in [0.2, 0.25) is 0 Å². The van der Waals surface area contributed by atoms with Crippen molar-refractivity contribution in [2.45, 2.75) is 51.4 Å². The van der Waals surface area contributed by atoms with Crippen molar-refractivity contribution in [2.75, 3.05) is 18.4 Å². The van der Waals surface area contributed by atoms with Crippen molar-refractivity contribution in [3.63, 3.8) is 0 Å². The van der Waals surface area contributed by atoms with Crippen LogP contribution in [0.1, 0.15) is 39.3 Å². The number of hydrogen-bond donors (Lipinski definition) is 1. The molecule has 6 nitrogen and oxygen atoms in total. The van der Waals surface area contributed by atoms with Crippen LogP contribution in [0.4, 0.5) is 23.8 Å². The average molecular weight is 372 g/mol. The van der Waals surface area contributed by atoms with Crippen molar-refractivity contribution in [3.05, 3.63) is 17.8 Å². The SMILES string of the molecule is CC(C)(C)OC(=O)N1C[C@@H]2C[C@@H]2C[C@H]1CNc1ccc(C(F)(F)F)nn1. The number of amides is 1. The third-order valence-corrected chi connectivity index (χ3v) is 4.62. The number of alkyl halides is 3. The van der Waals surface area contributed by atoms with Gasteiger partial charge in [0, 0.05) is 13.1 Å². The van der Waals surface area contributed by atoms with E-state index in [1.807, 2.05) is 20.8 Å². The second-order valence-corrected chi connectivity index (χ2v) is 7.96. The Kier molecular flexibility index (Phi) is 4.74. The molecule has 2 fully saturated rings. The Bertz CT molecular complexity index is 657. The first-order valence-electron chi connectivity index (χ1n) is 8.67. The van der Waals surface area contributed by atoms with Gasteiger partial charge in [-0.05, 0) is 57.6 Å². The summed E-state index contributed by atoms with van der Waals surface area (Å²) in [6, 6.07) is 2.05. The van der Waals surface area contributed by atoms with E-state index in [-0.39, 0.29) is 18.0 Å². The third kappa shape index (κ3) is 4.56. The summed E-state index contributed by atoms with van der Waals surface area (Å²) in [7, 11) is 0. The molecule has 144 valence electrons. The van der Waals surface area contributed by atoms with Crippen LogP contribution in [0.2, 0.25) is 0 Å². The van der Waals surface area contributed by atoms with E-state index in [2.05, 4.69) is 15.5 Å². The Hall–Kier alpha value is -2.06. The molecule has 1 aliphatic heterocycles. The van der Waals surface area contributed by atoms with Crippen molar-refractivity contribution in [3.8, 4) is 0 Å². The van der Waals surface area contributed by atoms with Gasteiger partial charge in [-0.3, -0.25) is 0 Å². The summed E-state index contributed by atoms with van der Waals surface area (Å²) in [5.74, 6) is 1.39. The molecule has 1 aromatic rings. The molecule has 1 N–H and O–H groups in total. The first-order chi connectivity index (χ1) is 12.0. The Morgan fingerprint density at radius 3 is 2.54 bits per heavy atom. The van der Waals surface area contributed by atoms with E-state index < -0.39 is 17.5 Å².